The number of unbranched alkanes of at least 4 members (excludes halogenated alkanes) is 5. The van der Waals surface area contributed by atoms with Gasteiger partial charge in [-0.2, -0.15) is 0 Å². The molecule has 0 aromatic rings. The topological polar surface area (TPSA) is 0 Å². The minimum Gasteiger partial charge on any atom is -0.150 e. The van der Waals surface area contributed by atoms with Crippen LogP contribution in [0.2, 0.25) is 0 Å². The molecule has 0 rings (SSSR count). The molecule has 0 radical (unpaired) electrons. The maximum absolute atomic E-state index is 6.07. The van der Waals surface area contributed by atoms with Crippen molar-refractivity contribution in [2.24, 2.45) is 0 Å². The van der Waals surface area contributed by atoms with Crippen LogP contribution in [0.15, 0.2) is 0 Å². The van der Waals surface area contributed by atoms with E-state index in [-0.39, 0.29) is 5.38 Å². The van der Waals surface area contributed by atoms with Crippen LogP contribution in [0.25, 0.3) is 0 Å². The fraction of sp³-hybridized carbons (Fsp3) is 1.00. The second kappa shape index (κ2) is 8.49. The average Bonchev–Trinajstić information content (AvgIpc) is 2.09. The Kier molecular flexibility index (Phi) is 9.30. The van der Waals surface area contributed by atoms with Gasteiger partial charge in [0.05, 0.1) is 5.38 Å². The zero-order chi connectivity index (χ0) is 11.0. The summed E-state index contributed by atoms with van der Waals surface area (Å²) in [6.07, 6.45) is 8.67. The van der Waals surface area contributed by atoms with Crippen molar-refractivity contribution in [1.82, 2.24) is 0 Å². The highest BCUT2D eigenvalue weighted by atomic mass is 35.5. The molecule has 0 aromatic carbocycles. The van der Waals surface area contributed by atoms with Crippen molar-refractivity contribution in [1.29, 1.82) is 0 Å². The van der Waals surface area contributed by atoms with Gasteiger partial charge in [0, 0.05) is 0 Å². The predicted molar refractivity (Wildman–Crippen MR) is 77.3 cm³/mol. The molecule has 4 heteroatoms. The third kappa shape index (κ3) is 8.63. The molecule has 86 valence electrons. The van der Waals surface area contributed by atoms with E-state index >= 15 is 0 Å². The Labute approximate surface area is 110 Å². The summed E-state index contributed by atoms with van der Waals surface area (Å²) < 4.78 is -0.648. The van der Waals surface area contributed by atoms with E-state index in [0.717, 1.165) is 12.8 Å². The van der Waals surface area contributed by atoms with Crippen molar-refractivity contribution < 1.29 is 0 Å². The standard InChI is InChI=1S/C10H21ClS3/c1-2-3-4-5-6-7-8-9(11)10(12,13)14/h9,12-14H,2-8H2,1H3. The Balaban J connectivity index is 3.28. The summed E-state index contributed by atoms with van der Waals surface area (Å²) in [5.41, 5.74) is 0. The van der Waals surface area contributed by atoms with E-state index < -0.39 is 3.41 Å². The van der Waals surface area contributed by atoms with Gasteiger partial charge in [-0.1, -0.05) is 45.4 Å². The number of halogens is 1. The van der Waals surface area contributed by atoms with E-state index in [1.807, 2.05) is 0 Å². The van der Waals surface area contributed by atoms with Gasteiger partial charge in [0.2, 0.25) is 0 Å². The van der Waals surface area contributed by atoms with Crippen molar-refractivity contribution in [2.45, 2.75) is 60.7 Å². The van der Waals surface area contributed by atoms with Crippen LogP contribution in [0.4, 0.5) is 0 Å². The second-order valence-electron chi connectivity index (χ2n) is 3.71. The Morgan fingerprint density at radius 1 is 1.00 bits per heavy atom. The third-order valence-electron chi connectivity index (χ3n) is 2.23. The van der Waals surface area contributed by atoms with Crippen LogP contribution in [-0.4, -0.2) is 8.79 Å². The molecule has 0 saturated heterocycles. The molecular weight excluding hydrogens is 252 g/mol. The first kappa shape index (κ1) is 15.3. The molecule has 0 spiro atoms. The number of rotatable bonds is 8. The summed E-state index contributed by atoms with van der Waals surface area (Å²) in [5, 5.41) is -0.0660. The highest BCUT2D eigenvalue weighted by Crippen LogP contribution is 2.35. The molecule has 0 nitrogen and oxygen atoms in total. The SMILES string of the molecule is CCCCCCCCC(Cl)C(S)(S)S. The van der Waals surface area contributed by atoms with Gasteiger partial charge in [-0.05, 0) is 6.42 Å². The van der Waals surface area contributed by atoms with Crippen LogP contribution in [0.5, 0.6) is 0 Å². The molecule has 0 heterocycles. The monoisotopic (exact) mass is 272 g/mol. The molecule has 0 saturated carbocycles. The minimum absolute atomic E-state index is 0.0660. The van der Waals surface area contributed by atoms with E-state index in [9.17, 15) is 0 Å². The smallest absolute Gasteiger partial charge is 0.115 e. The normalized spacial score (nSPS) is 14.4. The molecule has 0 aliphatic rings. The van der Waals surface area contributed by atoms with Crippen LogP contribution >= 0.6 is 49.5 Å². The second-order valence-corrected chi connectivity index (χ2v) is 7.41. The van der Waals surface area contributed by atoms with Crippen molar-refractivity contribution in [3.63, 3.8) is 0 Å². The van der Waals surface area contributed by atoms with E-state index in [1.54, 1.807) is 0 Å². The molecule has 14 heavy (non-hydrogen) atoms. The Hall–Kier alpha value is 1.34. The Morgan fingerprint density at radius 3 is 2.00 bits per heavy atom. The lowest BCUT2D eigenvalue weighted by molar-refractivity contribution is 0.584. The molecule has 0 bridgehead atoms. The maximum atomic E-state index is 6.07. The molecule has 0 N–H and O–H groups in total. The summed E-state index contributed by atoms with van der Waals surface area (Å²) in [4.78, 5) is 0. The molecular formula is C10H21ClS3. The fourth-order valence-electron chi connectivity index (χ4n) is 1.30. The van der Waals surface area contributed by atoms with Crippen molar-refractivity contribution in [3.8, 4) is 0 Å². The molecule has 0 aromatic heterocycles. The number of hydrogen-bond donors (Lipinski definition) is 3. The van der Waals surface area contributed by atoms with E-state index in [2.05, 4.69) is 44.8 Å². The lowest BCUT2D eigenvalue weighted by Crippen LogP contribution is -2.19. The summed E-state index contributed by atoms with van der Waals surface area (Å²) in [6, 6.07) is 0. The van der Waals surface area contributed by atoms with Crippen LogP contribution in [0.3, 0.4) is 0 Å². The van der Waals surface area contributed by atoms with E-state index in [4.69, 9.17) is 11.6 Å². The minimum atomic E-state index is -0.648. The van der Waals surface area contributed by atoms with Gasteiger partial charge in [0.15, 0.2) is 0 Å². The van der Waals surface area contributed by atoms with Crippen LogP contribution in [-0.2, 0) is 0 Å². The van der Waals surface area contributed by atoms with Gasteiger partial charge in [-0.25, -0.2) is 0 Å². The molecule has 1 atom stereocenters. The van der Waals surface area contributed by atoms with E-state index in [0.29, 0.717) is 0 Å². The predicted octanol–water partition coefficient (Wildman–Crippen LogP) is 4.79. The molecule has 0 amide bonds. The van der Waals surface area contributed by atoms with Crippen molar-refractivity contribution in [2.75, 3.05) is 0 Å². The first-order valence-electron chi connectivity index (χ1n) is 5.29. The number of thiol groups is 3. The Morgan fingerprint density at radius 2 is 1.50 bits per heavy atom. The van der Waals surface area contributed by atoms with Crippen LogP contribution < -0.4 is 0 Å². The third-order valence-corrected chi connectivity index (χ3v) is 4.17. The lowest BCUT2D eigenvalue weighted by Gasteiger charge is -2.21. The molecule has 0 fully saturated rings. The number of alkyl halides is 1. The zero-order valence-electron chi connectivity index (χ0n) is 8.75. The van der Waals surface area contributed by atoms with E-state index in [1.165, 1.54) is 32.1 Å². The first-order valence-corrected chi connectivity index (χ1v) is 7.07. The van der Waals surface area contributed by atoms with Crippen molar-refractivity contribution in [3.05, 3.63) is 0 Å². The fourth-order valence-corrected chi connectivity index (χ4v) is 1.84. The largest absolute Gasteiger partial charge is 0.150 e. The first-order chi connectivity index (χ1) is 6.48. The molecule has 0 aliphatic carbocycles. The highest BCUT2D eigenvalue weighted by Gasteiger charge is 2.24. The van der Waals surface area contributed by atoms with Gasteiger partial charge in [-0.3, -0.25) is 0 Å². The summed E-state index contributed by atoms with van der Waals surface area (Å²) in [6.45, 7) is 2.23. The maximum Gasteiger partial charge on any atom is 0.115 e. The van der Waals surface area contributed by atoms with Gasteiger partial charge in [0.1, 0.15) is 3.41 Å². The summed E-state index contributed by atoms with van der Waals surface area (Å²) in [7, 11) is 0. The average molecular weight is 273 g/mol. The van der Waals surface area contributed by atoms with Crippen LogP contribution in [0.1, 0.15) is 51.9 Å². The summed E-state index contributed by atoms with van der Waals surface area (Å²) in [5.74, 6) is 0. The van der Waals surface area contributed by atoms with Crippen molar-refractivity contribution >= 4 is 49.5 Å². The summed E-state index contributed by atoms with van der Waals surface area (Å²) >= 11 is 18.7. The van der Waals surface area contributed by atoms with Gasteiger partial charge >= 0.3 is 0 Å². The van der Waals surface area contributed by atoms with Gasteiger partial charge < -0.3 is 0 Å². The quantitative estimate of drug-likeness (QED) is 0.241. The number of hydrogen-bond acceptors (Lipinski definition) is 3. The molecule has 0 aliphatic heterocycles. The van der Waals surface area contributed by atoms with Gasteiger partial charge in [-0.15, -0.1) is 49.5 Å². The highest BCUT2D eigenvalue weighted by molar-refractivity contribution is 8.17. The molecule has 1 unspecified atom stereocenters. The van der Waals surface area contributed by atoms with Crippen LogP contribution in [0, 0.1) is 0 Å². The lowest BCUT2D eigenvalue weighted by atomic mass is 10.1. The van der Waals surface area contributed by atoms with Gasteiger partial charge in [0.25, 0.3) is 0 Å². The zero-order valence-corrected chi connectivity index (χ0v) is 12.2. The Bertz CT molecular complexity index is 134.